The second kappa shape index (κ2) is 6.44. The van der Waals surface area contributed by atoms with Crippen molar-refractivity contribution in [3.8, 4) is 0 Å². The first kappa shape index (κ1) is 14.9. The Morgan fingerprint density at radius 1 is 1.22 bits per heavy atom. The third-order valence-corrected chi connectivity index (χ3v) is 6.21. The number of hydrogen-bond donors (Lipinski definition) is 0. The number of thiazole rings is 1. The van der Waals surface area contributed by atoms with Crippen LogP contribution in [0.1, 0.15) is 43.0 Å². The van der Waals surface area contributed by atoms with Crippen molar-refractivity contribution in [2.24, 2.45) is 5.92 Å². The van der Waals surface area contributed by atoms with Gasteiger partial charge in [-0.25, -0.2) is 4.98 Å². The molecular formula is C19H22N2OS. The van der Waals surface area contributed by atoms with Crippen LogP contribution in [0.4, 0.5) is 0 Å². The molecule has 1 aromatic heterocycles. The summed E-state index contributed by atoms with van der Waals surface area (Å²) in [6, 6.07) is 8.32. The number of fused-ring (bicyclic) bond motifs is 1. The molecule has 1 fully saturated rings. The molecule has 4 rings (SSSR count). The number of piperidine rings is 1. The zero-order chi connectivity index (χ0) is 15.6. The van der Waals surface area contributed by atoms with E-state index in [9.17, 15) is 4.79 Å². The largest absolute Gasteiger partial charge is 0.342 e. The molecule has 1 saturated heterocycles. The fourth-order valence-corrected chi connectivity index (χ4v) is 4.81. The summed E-state index contributed by atoms with van der Waals surface area (Å²) in [4.78, 5) is 19.7. The van der Waals surface area contributed by atoms with E-state index in [0.29, 0.717) is 11.8 Å². The molecule has 3 nitrogen and oxygen atoms in total. The van der Waals surface area contributed by atoms with Crippen LogP contribution >= 0.6 is 11.3 Å². The van der Waals surface area contributed by atoms with Crippen molar-refractivity contribution < 1.29 is 4.79 Å². The van der Waals surface area contributed by atoms with Crippen LogP contribution < -0.4 is 0 Å². The minimum absolute atomic E-state index is 0.203. The molecule has 0 unspecified atom stereocenters. The number of benzene rings is 1. The van der Waals surface area contributed by atoms with Crippen LogP contribution in [0.15, 0.2) is 36.4 Å². The number of carbonyl (C=O) groups is 1. The summed E-state index contributed by atoms with van der Waals surface area (Å²) in [6.45, 7) is 1.76. The van der Waals surface area contributed by atoms with E-state index in [4.69, 9.17) is 4.98 Å². The molecule has 2 aromatic rings. The minimum Gasteiger partial charge on any atom is -0.342 e. The van der Waals surface area contributed by atoms with E-state index in [1.807, 2.05) is 6.07 Å². The van der Waals surface area contributed by atoms with Crippen molar-refractivity contribution in [2.45, 2.75) is 38.0 Å². The highest BCUT2D eigenvalue weighted by Crippen LogP contribution is 2.34. The molecule has 0 bridgehead atoms. The van der Waals surface area contributed by atoms with E-state index >= 15 is 0 Å². The Morgan fingerprint density at radius 2 is 2.13 bits per heavy atom. The van der Waals surface area contributed by atoms with Crippen LogP contribution in [0, 0.1) is 5.92 Å². The molecule has 1 aliphatic heterocycles. The summed E-state index contributed by atoms with van der Waals surface area (Å²) in [6.07, 6.45) is 9.58. The highest BCUT2D eigenvalue weighted by Gasteiger charge is 2.30. The number of carbonyl (C=O) groups excluding carboxylic acids is 1. The highest BCUT2D eigenvalue weighted by atomic mass is 32.1. The van der Waals surface area contributed by atoms with Crippen LogP contribution in [0.5, 0.6) is 0 Å². The number of nitrogens with zero attached hydrogens (tertiary/aromatic N) is 2. The van der Waals surface area contributed by atoms with Crippen molar-refractivity contribution in [1.82, 2.24) is 9.88 Å². The maximum absolute atomic E-state index is 12.8. The van der Waals surface area contributed by atoms with Gasteiger partial charge in [0.15, 0.2) is 0 Å². The molecule has 0 radical (unpaired) electrons. The predicted molar refractivity (Wildman–Crippen MR) is 94.7 cm³/mol. The highest BCUT2D eigenvalue weighted by molar-refractivity contribution is 7.18. The molecule has 2 atom stereocenters. The lowest BCUT2D eigenvalue weighted by Crippen LogP contribution is -2.42. The van der Waals surface area contributed by atoms with Gasteiger partial charge in [-0.05, 0) is 44.2 Å². The topological polar surface area (TPSA) is 33.2 Å². The Bertz CT molecular complexity index is 703. The lowest BCUT2D eigenvalue weighted by molar-refractivity contribution is -0.137. The van der Waals surface area contributed by atoms with Gasteiger partial charge in [0.2, 0.25) is 5.91 Å². The van der Waals surface area contributed by atoms with Crippen molar-refractivity contribution >= 4 is 27.5 Å². The first-order valence-corrected chi connectivity index (χ1v) is 9.42. The fourth-order valence-electron chi connectivity index (χ4n) is 3.72. The van der Waals surface area contributed by atoms with E-state index in [1.165, 1.54) is 9.71 Å². The number of aromatic nitrogens is 1. The van der Waals surface area contributed by atoms with E-state index in [2.05, 4.69) is 35.3 Å². The lowest BCUT2D eigenvalue weighted by Gasteiger charge is -2.34. The van der Waals surface area contributed by atoms with Crippen LogP contribution in [0.25, 0.3) is 10.2 Å². The molecule has 2 aliphatic rings. The van der Waals surface area contributed by atoms with Gasteiger partial charge in [0.05, 0.1) is 15.2 Å². The standard InChI is InChI=1S/C19H22N2OS/c22-19(14-7-2-1-3-8-14)21-12-6-9-15(13-21)18-20-16-10-4-5-11-17(16)23-18/h1-2,4-5,10-11,14-15H,3,6-9,12-13H2/t14-,15-/m0/s1. The van der Waals surface area contributed by atoms with Crippen molar-refractivity contribution in [2.75, 3.05) is 13.1 Å². The predicted octanol–water partition coefficient (Wildman–Crippen LogP) is 4.36. The third kappa shape index (κ3) is 3.05. The molecule has 23 heavy (non-hydrogen) atoms. The Balaban J connectivity index is 1.50. The lowest BCUT2D eigenvalue weighted by atomic mass is 9.91. The Kier molecular flexibility index (Phi) is 4.17. The summed E-state index contributed by atoms with van der Waals surface area (Å²) < 4.78 is 1.25. The Morgan fingerprint density at radius 3 is 2.96 bits per heavy atom. The molecule has 4 heteroatoms. The van der Waals surface area contributed by atoms with Gasteiger partial charge in [0, 0.05) is 24.9 Å². The number of allylic oxidation sites excluding steroid dienone is 2. The summed E-state index contributed by atoms with van der Waals surface area (Å²) in [5.74, 6) is 0.971. The number of rotatable bonds is 2. The Labute approximate surface area is 141 Å². The molecule has 1 aliphatic carbocycles. The second-order valence-corrected chi connectivity index (χ2v) is 7.69. The minimum atomic E-state index is 0.203. The summed E-state index contributed by atoms with van der Waals surface area (Å²) in [5, 5.41) is 1.20. The fraction of sp³-hybridized carbons (Fsp3) is 0.474. The van der Waals surface area contributed by atoms with Crippen molar-refractivity contribution in [3.05, 3.63) is 41.4 Å². The van der Waals surface area contributed by atoms with Gasteiger partial charge in [-0.1, -0.05) is 24.3 Å². The first-order chi connectivity index (χ1) is 11.3. The first-order valence-electron chi connectivity index (χ1n) is 8.60. The van der Waals surface area contributed by atoms with Gasteiger partial charge in [-0.15, -0.1) is 11.3 Å². The summed E-state index contributed by atoms with van der Waals surface area (Å²) in [7, 11) is 0. The van der Waals surface area contributed by atoms with Crippen LogP contribution in [-0.4, -0.2) is 28.9 Å². The zero-order valence-electron chi connectivity index (χ0n) is 13.3. The molecule has 120 valence electrons. The number of amides is 1. The van der Waals surface area contributed by atoms with E-state index in [-0.39, 0.29) is 5.92 Å². The van der Waals surface area contributed by atoms with Gasteiger partial charge < -0.3 is 4.90 Å². The normalized spacial score (nSPS) is 25.0. The van der Waals surface area contributed by atoms with Gasteiger partial charge in [0.25, 0.3) is 0 Å². The maximum Gasteiger partial charge on any atom is 0.226 e. The Hall–Kier alpha value is -1.68. The molecule has 0 N–H and O–H groups in total. The van der Waals surface area contributed by atoms with Crippen LogP contribution in [0.2, 0.25) is 0 Å². The van der Waals surface area contributed by atoms with E-state index < -0.39 is 0 Å². The van der Waals surface area contributed by atoms with Gasteiger partial charge >= 0.3 is 0 Å². The maximum atomic E-state index is 12.8. The third-order valence-electron chi connectivity index (χ3n) is 5.01. The quantitative estimate of drug-likeness (QED) is 0.768. The van der Waals surface area contributed by atoms with Crippen molar-refractivity contribution in [1.29, 1.82) is 0 Å². The summed E-state index contributed by atoms with van der Waals surface area (Å²) >= 11 is 1.79. The molecular weight excluding hydrogens is 304 g/mol. The number of likely N-dealkylation sites (tertiary alicyclic amines) is 1. The van der Waals surface area contributed by atoms with Crippen molar-refractivity contribution in [3.63, 3.8) is 0 Å². The molecule has 0 spiro atoms. The zero-order valence-corrected chi connectivity index (χ0v) is 14.1. The molecule has 2 heterocycles. The van der Waals surface area contributed by atoms with Crippen LogP contribution in [0.3, 0.4) is 0 Å². The van der Waals surface area contributed by atoms with Gasteiger partial charge in [-0.3, -0.25) is 4.79 Å². The average molecular weight is 326 g/mol. The van der Waals surface area contributed by atoms with E-state index in [0.717, 1.165) is 50.7 Å². The number of para-hydroxylation sites is 1. The average Bonchev–Trinajstić information content (AvgIpc) is 3.06. The van der Waals surface area contributed by atoms with E-state index in [1.54, 1.807) is 11.3 Å². The van der Waals surface area contributed by atoms with Gasteiger partial charge in [-0.2, -0.15) is 0 Å². The smallest absolute Gasteiger partial charge is 0.226 e. The molecule has 0 saturated carbocycles. The SMILES string of the molecule is O=C([C@H]1CC=CCC1)N1CCC[C@H](c2nc3ccccc3s2)C1. The number of hydrogen-bond acceptors (Lipinski definition) is 3. The summed E-state index contributed by atoms with van der Waals surface area (Å²) in [5.41, 5.74) is 1.09. The monoisotopic (exact) mass is 326 g/mol. The van der Waals surface area contributed by atoms with Crippen LogP contribution in [-0.2, 0) is 4.79 Å². The second-order valence-electron chi connectivity index (χ2n) is 6.62. The molecule has 1 aromatic carbocycles. The van der Waals surface area contributed by atoms with Gasteiger partial charge in [0.1, 0.15) is 0 Å². The molecule has 1 amide bonds.